The van der Waals surface area contributed by atoms with Gasteiger partial charge >= 0.3 is 5.97 Å². The summed E-state index contributed by atoms with van der Waals surface area (Å²) in [7, 11) is 0. The summed E-state index contributed by atoms with van der Waals surface area (Å²) in [5.74, 6) is -2.01. The molecule has 0 aliphatic heterocycles. The van der Waals surface area contributed by atoms with E-state index in [1.54, 1.807) is 0 Å². The molecule has 3 nitrogen and oxygen atoms in total. The number of carbonyl (C=O) groups is 1. The summed E-state index contributed by atoms with van der Waals surface area (Å²) in [4.78, 5) is 14.3. The molecule has 1 N–H and O–H groups in total. The van der Waals surface area contributed by atoms with E-state index < -0.39 is 18.3 Å². The predicted molar refractivity (Wildman–Crippen MR) is 76.0 cm³/mol. The fourth-order valence-corrected chi connectivity index (χ4v) is 2.69. The van der Waals surface area contributed by atoms with E-state index in [0.717, 1.165) is 0 Å². The van der Waals surface area contributed by atoms with Crippen molar-refractivity contribution in [1.29, 1.82) is 0 Å². The second kappa shape index (κ2) is 5.95. The Kier molecular flexibility index (Phi) is 4.48. The van der Waals surface area contributed by atoms with Crippen LogP contribution in [-0.2, 0) is 11.2 Å². The third-order valence-electron chi connectivity index (χ3n) is 2.53. The van der Waals surface area contributed by atoms with Crippen molar-refractivity contribution in [2.45, 2.75) is 6.42 Å². The molecular weight excluding hydrogens is 328 g/mol. The van der Waals surface area contributed by atoms with E-state index in [2.05, 4.69) is 4.98 Å². The van der Waals surface area contributed by atoms with Crippen molar-refractivity contribution in [1.82, 2.24) is 4.98 Å². The number of carboxylic acids is 1. The Morgan fingerprint density at radius 2 is 1.80 bits per heavy atom. The SMILES string of the molecule is O=C(O)Cc1ccc(-c2c(Cl)cc(Cl)cc2Cl)nc1F. The van der Waals surface area contributed by atoms with Crippen molar-refractivity contribution in [2.75, 3.05) is 0 Å². The maximum absolute atomic E-state index is 13.8. The van der Waals surface area contributed by atoms with Crippen LogP contribution in [-0.4, -0.2) is 16.1 Å². The van der Waals surface area contributed by atoms with Gasteiger partial charge in [0.2, 0.25) is 5.95 Å². The Labute approximate surface area is 128 Å². The highest BCUT2D eigenvalue weighted by atomic mass is 35.5. The minimum Gasteiger partial charge on any atom is -0.481 e. The standard InChI is InChI=1S/C13H7Cl3FNO2/c14-7-4-8(15)12(9(16)5-7)10-2-1-6(3-11(19)20)13(17)18-10/h1-2,4-5H,3H2,(H,19,20). The van der Waals surface area contributed by atoms with Crippen molar-refractivity contribution < 1.29 is 14.3 Å². The number of nitrogens with zero attached hydrogens (tertiary/aromatic N) is 1. The molecule has 1 heterocycles. The van der Waals surface area contributed by atoms with Gasteiger partial charge in [0.05, 0.1) is 22.2 Å². The zero-order chi connectivity index (χ0) is 14.9. The predicted octanol–water partition coefficient (Wildman–Crippen LogP) is 4.48. The second-order valence-electron chi connectivity index (χ2n) is 3.96. The number of rotatable bonds is 3. The van der Waals surface area contributed by atoms with E-state index in [4.69, 9.17) is 39.9 Å². The van der Waals surface area contributed by atoms with Gasteiger partial charge in [-0.15, -0.1) is 0 Å². The fraction of sp³-hybridized carbons (Fsp3) is 0.0769. The average Bonchev–Trinajstić information content (AvgIpc) is 2.30. The van der Waals surface area contributed by atoms with Crippen molar-refractivity contribution in [3.8, 4) is 11.3 Å². The molecule has 1 aromatic heterocycles. The first-order valence-electron chi connectivity index (χ1n) is 5.40. The lowest BCUT2D eigenvalue weighted by atomic mass is 10.1. The molecule has 2 aromatic rings. The average molecular weight is 335 g/mol. The Hall–Kier alpha value is -1.36. The van der Waals surface area contributed by atoms with Gasteiger partial charge in [0.25, 0.3) is 0 Å². The number of benzene rings is 1. The van der Waals surface area contributed by atoms with Crippen LogP contribution in [0.5, 0.6) is 0 Å². The van der Waals surface area contributed by atoms with Gasteiger partial charge in [-0.3, -0.25) is 4.79 Å². The molecule has 0 radical (unpaired) electrons. The number of halogens is 4. The van der Waals surface area contributed by atoms with Crippen LogP contribution in [0.2, 0.25) is 15.1 Å². The highest BCUT2D eigenvalue weighted by molar-refractivity contribution is 6.41. The molecule has 1 aromatic carbocycles. The Morgan fingerprint density at radius 1 is 1.20 bits per heavy atom. The zero-order valence-corrected chi connectivity index (χ0v) is 12.1. The molecular formula is C13H7Cl3FNO2. The Morgan fingerprint density at radius 3 is 2.30 bits per heavy atom. The maximum atomic E-state index is 13.8. The van der Waals surface area contributed by atoms with Crippen LogP contribution < -0.4 is 0 Å². The number of hydrogen-bond donors (Lipinski definition) is 1. The summed E-state index contributed by atoms with van der Waals surface area (Å²) < 4.78 is 13.8. The molecule has 0 fully saturated rings. The number of hydrogen-bond acceptors (Lipinski definition) is 2. The van der Waals surface area contributed by atoms with Crippen LogP contribution in [0.1, 0.15) is 5.56 Å². The van der Waals surface area contributed by atoms with Gasteiger partial charge in [-0.1, -0.05) is 40.9 Å². The third kappa shape index (κ3) is 3.20. The van der Waals surface area contributed by atoms with Crippen molar-refractivity contribution in [3.05, 3.63) is 50.8 Å². The van der Waals surface area contributed by atoms with Gasteiger partial charge in [-0.05, 0) is 18.2 Å². The zero-order valence-electron chi connectivity index (χ0n) is 9.83. The van der Waals surface area contributed by atoms with E-state index in [0.29, 0.717) is 10.6 Å². The first-order chi connectivity index (χ1) is 9.38. The van der Waals surface area contributed by atoms with Gasteiger partial charge in [0.15, 0.2) is 0 Å². The number of aromatic nitrogens is 1. The monoisotopic (exact) mass is 333 g/mol. The summed E-state index contributed by atoms with van der Waals surface area (Å²) in [5.41, 5.74) is 0.546. The van der Waals surface area contributed by atoms with E-state index in [9.17, 15) is 9.18 Å². The van der Waals surface area contributed by atoms with E-state index in [-0.39, 0.29) is 21.3 Å². The molecule has 0 spiro atoms. The van der Waals surface area contributed by atoms with Gasteiger partial charge < -0.3 is 5.11 Å². The van der Waals surface area contributed by atoms with Gasteiger partial charge in [-0.25, -0.2) is 4.98 Å². The molecule has 0 unspecified atom stereocenters. The molecule has 7 heteroatoms. The lowest BCUT2D eigenvalue weighted by molar-refractivity contribution is -0.136. The molecule has 0 saturated carbocycles. The second-order valence-corrected chi connectivity index (χ2v) is 5.21. The molecule has 0 aliphatic rings. The summed E-state index contributed by atoms with van der Waals surface area (Å²) in [6.45, 7) is 0. The summed E-state index contributed by atoms with van der Waals surface area (Å²) in [6.07, 6.45) is -0.443. The molecule has 0 atom stereocenters. The minimum atomic E-state index is -1.14. The number of aliphatic carboxylic acids is 1. The molecule has 2 rings (SSSR count). The van der Waals surface area contributed by atoms with Crippen LogP contribution in [0, 0.1) is 5.95 Å². The summed E-state index contributed by atoms with van der Waals surface area (Å²) >= 11 is 17.8. The maximum Gasteiger partial charge on any atom is 0.307 e. The number of carboxylic acid groups (broad SMARTS) is 1. The molecule has 20 heavy (non-hydrogen) atoms. The smallest absolute Gasteiger partial charge is 0.307 e. The Balaban J connectivity index is 2.50. The highest BCUT2D eigenvalue weighted by Gasteiger charge is 2.15. The van der Waals surface area contributed by atoms with Crippen LogP contribution in [0.4, 0.5) is 4.39 Å². The van der Waals surface area contributed by atoms with Crippen LogP contribution in [0.3, 0.4) is 0 Å². The lowest BCUT2D eigenvalue weighted by Gasteiger charge is -2.08. The van der Waals surface area contributed by atoms with Crippen LogP contribution in [0.15, 0.2) is 24.3 Å². The van der Waals surface area contributed by atoms with Crippen molar-refractivity contribution in [3.63, 3.8) is 0 Å². The van der Waals surface area contributed by atoms with Crippen LogP contribution >= 0.6 is 34.8 Å². The van der Waals surface area contributed by atoms with Crippen molar-refractivity contribution in [2.24, 2.45) is 0 Å². The normalized spacial score (nSPS) is 10.6. The van der Waals surface area contributed by atoms with Crippen LogP contribution in [0.25, 0.3) is 11.3 Å². The molecule has 0 bridgehead atoms. The van der Waals surface area contributed by atoms with Gasteiger partial charge in [0.1, 0.15) is 0 Å². The largest absolute Gasteiger partial charge is 0.481 e. The van der Waals surface area contributed by atoms with E-state index >= 15 is 0 Å². The molecule has 0 amide bonds. The third-order valence-corrected chi connectivity index (χ3v) is 3.35. The van der Waals surface area contributed by atoms with Gasteiger partial charge in [-0.2, -0.15) is 4.39 Å². The van der Waals surface area contributed by atoms with E-state index in [1.165, 1.54) is 24.3 Å². The highest BCUT2D eigenvalue weighted by Crippen LogP contribution is 2.36. The van der Waals surface area contributed by atoms with Crippen molar-refractivity contribution >= 4 is 40.8 Å². The summed E-state index contributed by atoms with van der Waals surface area (Å²) in [6, 6.07) is 5.74. The van der Waals surface area contributed by atoms with E-state index in [1.807, 2.05) is 0 Å². The van der Waals surface area contributed by atoms with Gasteiger partial charge in [0, 0.05) is 16.1 Å². The molecule has 0 saturated heterocycles. The Bertz CT molecular complexity index is 668. The topological polar surface area (TPSA) is 50.2 Å². The molecule has 0 aliphatic carbocycles. The summed E-state index contributed by atoms with van der Waals surface area (Å²) in [5, 5.41) is 9.47. The first kappa shape index (κ1) is 15.0. The first-order valence-corrected chi connectivity index (χ1v) is 6.54. The minimum absolute atomic E-state index is 0.0116. The quantitative estimate of drug-likeness (QED) is 0.842. The number of pyridine rings is 1. The fourth-order valence-electron chi connectivity index (χ4n) is 1.68. The molecule has 104 valence electrons. The lowest BCUT2D eigenvalue weighted by Crippen LogP contribution is -2.04.